The predicted molar refractivity (Wildman–Crippen MR) is 102 cm³/mol. The van der Waals surface area contributed by atoms with E-state index in [2.05, 4.69) is 4.90 Å². The molecular weight excluding hydrogens is 358 g/mol. The third kappa shape index (κ3) is 1.87. The molecule has 2 aliphatic carbocycles. The molecule has 6 heteroatoms. The summed E-state index contributed by atoms with van der Waals surface area (Å²) in [6, 6.07) is 7.62. The Hall–Kier alpha value is -2.34. The van der Waals surface area contributed by atoms with Gasteiger partial charge in [0, 0.05) is 11.6 Å². The predicted octanol–water partition coefficient (Wildman–Crippen LogP) is 2.10. The number of allylic oxidation sites excluding steroid dienone is 1. The van der Waals surface area contributed by atoms with E-state index in [1.807, 2.05) is 31.2 Å². The third-order valence-corrected chi connectivity index (χ3v) is 7.79. The quantitative estimate of drug-likeness (QED) is 0.623. The lowest BCUT2D eigenvalue weighted by atomic mass is 9.64. The number of anilines is 1. The van der Waals surface area contributed by atoms with Crippen molar-refractivity contribution in [2.45, 2.75) is 43.9 Å². The number of methoxy groups -OCH3 is 1. The largest absolute Gasteiger partial charge is 0.497 e. The summed E-state index contributed by atoms with van der Waals surface area (Å²) in [4.78, 5) is 28.0. The van der Waals surface area contributed by atoms with Crippen molar-refractivity contribution in [3.05, 3.63) is 36.4 Å². The minimum Gasteiger partial charge on any atom is -0.497 e. The number of hydrogen-bond acceptors (Lipinski definition) is 6. The topological polar surface area (TPSA) is 75.8 Å². The van der Waals surface area contributed by atoms with Gasteiger partial charge in [-0.1, -0.05) is 6.92 Å². The number of ketones is 1. The maximum atomic E-state index is 13.1. The molecule has 0 amide bonds. The van der Waals surface area contributed by atoms with E-state index in [0.717, 1.165) is 24.3 Å². The molecule has 28 heavy (non-hydrogen) atoms. The molecule has 1 aromatic carbocycles. The molecule has 0 aromatic heterocycles. The molecule has 0 radical (unpaired) electrons. The highest BCUT2D eigenvalue weighted by Gasteiger charge is 2.77. The van der Waals surface area contributed by atoms with Crippen molar-refractivity contribution in [3.63, 3.8) is 0 Å². The second kappa shape index (κ2) is 5.38. The highest BCUT2D eigenvalue weighted by atomic mass is 16.6. The van der Waals surface area contributed by atoms with Gasteiger partial charge in [-0.15, -0.1) is 0 Å². The highest BCUT2D eigenvalue weighted by Crippen LogP contribution is 2.62. The number of rotatable bonds is 2. The first kappa shape index (κ1) is 17.7. The normalized spacial score (nSPS) is 43.6. The van der Waals surface area contributed by atoms with Crippen molar-refractivity contribution in [3.8, 4) is 5.75 Å². The van der Waals surface area contributed by atoms with Crippen LogP contribution in [0.15, 0.2) is 36.4 Å². The first-order valence-electron chi connectivity index (χ1n) is 9.88. The van der Waals surface area contributed by atoms with Crippen molar-refractivity contribution < 1.29 is 24.2 Å². The second-order valence-electron chi connectivity index (χ2n) is 8.84. The lowest BCUT2D eigenvalue weighted by Crippen LogP contribution is -2.57. The summed E-state index contributed by atoms with van der Waals surface area (Å²) < 4.78 is 11.1. The van der Waals surface area contributed by atoms with Crippen molar-refractivity contribution >= 4 is 17.4 Å². The van der Waals surface area contributed by atoms with Crippen LogP contribution >= 0.6 is 0 Å². The first-order valence-corrected chi connectivity index (χ1v) is 9.88. The molecule has 2 heterocycles. The summed E-state index contributed by atoms with van der Waals surface area (Å²) in [7, 11) is 1.62. The van der Waals surface area contributed by atoms with E-state index < -0.39 is 22.7 Å². The number of carbonyl (C=O) groups excluding carboxylic acids is 2. The summed E-state index contributed by atoms with van der Waals surface area (Å²) in [5.41, 5.74) is -2.22. The van der Waals surface area contributed by atoms with E-state index in [0.29, 0.717) is 6.54 Å². The van der Waals surface area contributed by atoms with Gasteiger partial charge in [0.05, 0.1) is 19.1 Å². The highest BCUT2D eigenvalue weighted by molar-refractivity contribution is 6.02. The number of aliphatic hydroxyl groups is 1. The number of nitrogens with zero attached hydrogens (tertiary/aromatic N) is 1. The van der Waals surface area contributed by atoms with Gasteiger partial charge in [0.25, 0.3) is 0 Å². The maximum absolute atomic E-state index is 13.1. The van der Waals surface area contributed by atoms with Crippen LogP contribution < -0.4 is 9.64 Å². The lowest BCUT2D eigenvalue weighted by molar-refractivity contribution is -0.166. The van der Waals surface area contributed by atoms with Gasteiger partial charge in [0.1, 0.15) is 17.5 Å². The van der Waals surface area contributed by atoms with E-state index in [-0.39, 0.29) is 23.6 Å². The Morgan fingerprint density at radius 3 is 2.61 bits per heavy atom. The average Bonchev–Trinajstić information content (AvgIpc) is 3.34. The van der Waals surface area contributed by atoms with Crippen molar-refractivity contribution in [2.24, 2.45) is 17.3 Å². The van der Waals surface area contributed by atoms with E-state index in [1.165, 1.54) is 6.08 Å². The summed E-state index contributed by atoms with van der Waals surface area (Å²) in [6.07, 6.45) is 3.94. The number of fused-ring (bicyclic) bond motifs is 4. The molecule has 5 rings (SSSR count). The second-order valence-corrected chi connectivity index (χ2v) is 8.84. The summed E-state index contributed by atoms with van der Waals surface area (Å²) in [5, 5.41) is 11.4. The summed E-state index contributed by atoms with van der Waals surface area (Å²) in [5.74, 6) is 0.105. The smallest absolute Gasteiger partial charge is 0.334 e. The van der Waals surface area contributed by atoms with E-state index in [9.17, 15) is 14.7 Å². The molecule has 4 aliphatic rings. The summed E-state index contributed by atoms with van der Waals surface area (Å²) >= 11 is 0. The average molecular weight is 383 g/mol. The SMILES string of the molecule is COc1ccc(N2CC23C(=O)O[C@@H]2[C@H]3CC[C@H](C)[C@]3(O)C=CC(=O)[C@@]23C)cc1. The van der Waals surface area contributed by atoms with Crippen LogP contribution in [-0.4, -0.2) is 47.8 Å². The molecule has 6 nitrogen and oxygen atoms in total. The zero-order valence-corrected chi connectivity index (χ0v) is 16.3. The standard InChI is InChI=1S/C22H25NO5/c1-13-4-9-16-18(20(2)17(24)10-11-22(13,20)26)28-19(25)21(16)12-23(21)14-5-7-15(27-3)8-6-14/h5-8,10-11,13,16,18,26H,4,9,12H2,1-3H3/t13-,16+,18+,20-,21?,22+,23?/m0/s1. The molecule has 1 N–H and O–H groups in total. The first-order chi connectivity index (χ1) is 13.3. The fourth-order valence-corrected chi connectivity index (χ4v) is 5.83. The fourth-order valence-electron chi connectivity index (χ4n) is 5.83. The van der Waals surface area contributed by atoms with Crippen LogP contribution in [0.4, 0.5) is 5.69 Å². The lowest BCUT2D eigenvalue weighted by Gasteiger charge is -2.43. The van der Waals surface area contributed by atoms with Crippen LogP contribution in [0.25, 0.3) is 0 Å². The molecule has 1 unspecified atom stereocenters. The van der Waals surface area contributed by atoms with E-state index >= 15 is 0 Å². The van der Waals surface area contributed by atoms with Crippen LogP contribution in [0.3, 0.4) is 0 Å². The molecule has 0 bridgehead atoms. The maximum Gasteiger partial charge on any atom is 0.334 e. The Balaban J connectivity index is 1.54. The zero-order valence-electron chi connectivity index (χ0n) is 16.3. The van der Waals surface area contributed by atoms with Crippen LogP contribution in [0, 0.1) is 17.3 Å². The Morgan fingerprint density at radius 2 is 1.93 bits per heavy atom. The number of hydrogen-bond donors (Lipinski definition) is 1. The van der Waals surface area contributed by atoms with Gasteiger partial charge >= 0.3 is 5.97 Å². The van der Waals surface area contributed by atoms with Gasteiger partial charge in [-0.3, -0.25) is 4.79 Å². The monoisotopic (exact) mass is 383 g/mol. The van der Waals surface area contributed by atoms with Crippen molar-refractivity contribution in [1.82, 2.24) is 0 Å². The Bertz CT molecular complexity index is 895. The van der Waals surface area contributed by atoms with Crippen LogP contribution in [0.1, 0.15) is 26.7 Å². The van der Waals surface area contributed by atoms with E-state index in [1.54, 1.807) is 20.1 Å². The molecular formula is C22H25NO5. The van der Waals surface area contributed by atoms with Gasteiger partial charge in [0.2, 0.25) is 0 Å². The molecule has 2 aliphatic heterocycles. The Morgan fingerprint density at radius 1 is 1.21 bits per heavy atom. The van der Waals surface area contributed by atoms with Gasteiger partial charge < -0.3 is 19.5 Å². The number of ether oxygens (including phenoxy) is 2. The van der Waals surface area contributed by atoms with Crippen LogP contribution in [-0.2, 0) is 14.3 Å². The third-order valence-electron chi connectivity index (χ3n) is 7.79. The van der Waals surface area contributed by atoms with E-state index in [4.69, 9.17) is 9.47 Å². The van der Waals surface area contributed by atoms with Crippen molar-refractivity contribution in [2.75, 3.05) is 18.6 Å². The number of carbonyl (C=O) groups is 2. The fraction of sp³-hybridized carbons (Fsp3) is 0.545. The molecule has 1 aromatic rings. The Kier molecular flexibility index (Phi) is 3.41. The van der Waals surface area contributed by atoms with Crippen molar-refractivity contribution in [1.29, 1.82) is 0 Å². The molecule has 148 valence electrons. The molecule has 1 saturated carbocycles. The number of esters is 1. The molecule has 6 atom stereocenters. The van der Waals surface area contributed by atoms with Gasteiger partial charge in [0.15, 0.2) is 11.3 Å². The molecule has 1 spiro atoms. The minimum atomic E-state index is -1.28. The molecule has 2 saturated heterocycles. The van der Waals surface area contributed by atoms with Gasteiger partial charge in [-0.25, -0.2) is 4.79 Å². The minimum absolute atomic E-state index is 0.0882. The summed E-state index contributed by atoms with van der Waals surface area (Å²) in [6.45, 7) is 4.32. The Labute approximate surface area is 164 Å². The number of benzene rings is 1. The van der Waals surface area contributed by atoms with Crippen LogP contribution in [0.2, 0.25) is 0 Å². The zero-order chi connectivity index (χ0) is 19.9. The van der Waals surface area contributed by atoms with Gasteiger partial charge in [-0.2, -0.15) is 0 Å². The van der Waals surface area contributed by atoms with Crippen LogP contribution in [0.5, 0.6) is 5.75 Å². The van der Waals surface area contributed by atoms with Gasteiger partial charge in [-0.05, 0) is 62.1 Å². The molecule has 3 fully saturated rings.